The van der Waals surface area contributed by atoms with Gasteiger partial charge in [0, 0.05) is 44.8 Å². The highest BCUT2D eigenvalue weighted by Crippen LogP contribution is 2.41. The van der Waals surface area contributed by atoms with Gasteiger partial charge in [0.25, 0.3) is 0 Å². The standard InChI is InChI=1S/C59H47N7/c1-36-19-23-43(24-20-36)54-61-55(44-25-21-37(2)22-26-44)65-59(64-54)52-18-12-11-17-50(52)51-32-31-46(35-53(51)47-33-40(5)60-41(6)34-47)42-27-29-45(30-28-42)56-62-57(48-15-9-7-13-38(48)3)66-58(63-56)49-16-10-8-14-39(49)4/h7-35H,1-6H3. The molecule has 0 unspecified atom stereocenters. The van der Waals surface area contributed by atoms with Crippen LogP contribution < -0.4 is 0 Å². The lowest BCUT2D eigenvalue weighted by atomic mass is 9.88. The van der Waals surface area contributed by atoms with Crippen LogP contribution >= 0.6 is 0 Å². The lowest BCUT2D eigenvalue weighted by molar-refractivity contribution is 1.07. The van der Waals surface area contributed by atoms with Gasteiger partial charge in [-0.05, 0) is 104 Å². The number of aromatic nitrogens is 7. The van der Waals surface area contributed by atoms with Crippen LogP contribution in [0.3, 0.4) is 0 Å². The van der Waals surface area contributed by atoms with Crippen molar-refractivity contribution < 1.29 is 0 Å². The zero-order valence-corrected chi connectivity index (χ0v) is 37.9. The van der Waals surface area contributed by atoms with Crippen molar-refractivity contribution in [2.24, 2.45) is 0 Å². The molecule has 3 heterocycles. The summed E-state index contributed by atoms with van der Waals surface area (Å²) >= 11 is 0. The molecule has 0 aliphatic heterocycles. The second-order valence-electron chi connectivity index (χ2n) is 17.0. The van der Waals surface area contributed by atoms with Gasteiger partial charge in [0.2, 0.25) is 0 Å². The first kappa shape index (κ1) is 41.7. The van der Waals surface area contributed by atoms with Gasteiger partial charge in [0.1, 0.15) is 0 Å². The average molecular weight is 854 g/mol. The number of hydrogen-bond acceptors (Lipinski definition) is 7. The van der Waals surface area contributed by atoms with E-state index in [9.17, 15) is 0 Å². The summed E-state index contributed by atoms with van der Waals surface area (Å²) < 4.78 is 0. The molecule has 0 amide bonds. The smallest absolute Gasteiger partial charge is 0.164 e. The maximum atomic E-state index is 5.17. The van der Waals surface area contributed by atoms with Gasteiger partial charge in [0.05, 0.1) is 0 Å². The van der Waals surface area contributed by atoms with Crippen molar-refractivity contribution in [3.05, 3.63) is 210 Å². The molecule has 0 atom stereocenters. The van der Waals surface area contributed by atoms with Crippen molar-refractivity contribution in [3.8, 4) is 102 Å². The summed E-state index contributed by atoms with van der Waals surface area (Å²) in [6, 6.07) is 61.1. The Bertz CT molecular complexity index is 3260. The molecule has 66 heavy (non-hydrogen) atoms. The van der Waals surface area contributed by atoms with Crippen LogP contribution in [0.25, 0.3) is 102 Å². The van der Waals surface area contributed by atoms with Gasteiger partial charge < -0.3 is 0 Å². The summed E-state index contributed by atoms with van der Waals surface area (Å²) in [5, 5.41) is 0. The second kappa shape index (κ2) is 17.7. The maximum absolute atomic E-state index is 5.17. The van der Waals surface area contributed by atoms with Crippen LogP contribution in [0, 0.1) is 41.5 Å². The van der Waals surface area contributed by atoms with Crippen molar-refractivity contribution in [2.75, 3.05) is 0 Å². The van der Waals surface area contributed by atoms with E-state index in [1.807, 2.05) is 38.1 Å². The molecule has 0 fully saturated rings. The Hall–Kier alpha value is -8.29. The van der Waals surface area contributed by atoms with Crippen LogP contribution in [-0.2, 0) is 0 Å². The number of aryl methyl sites for hydroxylation is 6. The summed E-state index contributed by atoms with van der Waals surface area (Å²) in [5.41, 5.74) is 18.5. The number of benzene rings is 7. The molecule has 10 aromatic rings. The van der Waals surface area contributed by atoms with E-state index in [4.69, 9.17) is 34.9 Å². The van der Waals surface area contributed by atoms with E-state index >= 15 is 0 Å². The summed E-state index contributed by atoms with van der Waals surface area (Å²) in [6.07, 6.45) is 0. The van der Waals surface area contributed by atoms with E-state index in [1.54, 1.807) is 0 Å². The molecule has 0 N–H and O–H groups in total. The van der Waals surface area contributed by atoms with Crippen molar-refractivity contribution in [2.45, 2.75) is 41.5 Å². The van der Waals surface area contributed by atoms with Crippen molar-refractivity contribution in [1.82, 2.24) is 34.9 Å². The van der Waals surface area contributed by atoms with Gasteiger partial charge in [-0.2, -0.15) is 0 Å². The van der Waals surface area contributed by atoms with Gasteiger partial charge in [-0.15, -0.1) is 0 Å². The highest BCUT2D eigenvalue weighted by Gasteiger charge is 2.20. The fourth-order valence-corrected chi connectivity index (χ4v) is 8.47. The predicted molar refractivity (Wildman–Crippen MR) is 268 cm³/mol. The van der Waals surface area contributed by atoms with Crippen LogP contribution in [0.15, 0.2) is 176 Å². The van der Waals surface area contributed by atoms with E-state index in [-0.39, 0.29) is 0 Å². The minimum atomic E-state index is 0.606. The molecule has 0 bridgehead atoms. The van der Waals surface area contributed by atoms with Gasteiger partial charge in [-0.3, -0.25) is 4.98 Å². The summed E-state index contributed by atoms with van der Waals surface area (Å²) in [5.74, 6) is 3.78. The summed E-state index contributed by atoms with van der Waals surface area (Å²) in [4.78, 5) is 35.2. The largest absolute Gasteiger partial charge is 0.258 e. The fourth-order valence-electron chi connectivity index (χ4n) is 8.47. The monoisotopic (exact) mass is 853 g/mol. The number of rotatable bonds is 9. The second-order valence-corrected chi connectivity index (χ2v) is 17.0. The quantitative estimate of drug-likeness (QED) is 0.143. The first-order chi connectivity index (χ1) is 32.1. The Balaban J connectivity index is 1.09. The molecule has 10 rings (SSSR count). The molecule has 0 saturated carbocycles. The fraction of sp³-hybridized carbons (Fsp3) is 0.102. The third-order valence-electron chi connectivity index (χ3n) is 12.0. The third-order valence-corrected chi connectivity index (χ3v) is 12.0. The van der Waals surface area contributed by atoms with Crippen LogP contribution in [0.5, 0.6) is 0 Å². The van der Waals surface area contributed by atoms with Crippen molar-refractivity contribution in [1.29, 1.82) is 0 Å². The lowest BCUT2D eigenvalue weighted by Crippen LogP contribution is -2.02. The van der Waals surface area contributed by atoms with E-state index in [0.29, 0.717) is 34.9 Å². The summed E-state index contributed by atoms with van der Waals surface area (Å²) in [7, 11) is 0. The van der Waals surface area contributed by atoms with Crippen LogP contribution in [0.2, 0.25) is 0 Å². The van der Waals surface area contributed by atoms with Crippen molar-refractivity contribution >= 4 is 0 Å². The Morgan fingerprint density at radius 3 is 1.06 bits per heavy atom. The van der Waals surface area contributed by atoms with Gasteiger partial charge in [0.15, 0.2) is 34.9 Å². The topological polar surface area (TPSA) is 90.2 Å². The SMILES string of the molecule is Cc1ccc(-c2nc(-c3ccc(C)cc3)nc(-c3ccccc3-c3ccc(-c4ccc(-c5nc(-c6ccccc6C)nc(-c6ccccc6C)n5)cc4)cc3-c3cc(C)nc(C)c3)n2)cc1. The minimum Gasteiger partial charge on any atom is -0.258 e. The molecule has 7 aromatic carbocycles. The van der Waals surface area contributed by atoms with E-state index in [2.05, 4.69) is 179 Å². The Kier molecular flexibility index (Phi) is 11.2. The molecule has 0 aliphatic carbocycles. The highest BCUT2D eigenvalue weighted by molar-refractivity contribution is 5.93. The molecular formula is C59H47N7. The molecular weight excluding hydrogens is 807 g/mol. The number of pyridine rings is 1. The minimum absolute atomic E-state index is 0.606. The molecule has 7 heteroatoms. The Morgan fingerprint density at radius 1 is 0.227 bits per heavy atom. The van der Waals surface area contributed by atoms with Crippen LogP contribution in [0.4, 0.5) is 0 Å². The predicted octanol–water partition coefficient (Wildman–Crippen LogP) is 14.3. The van der Waals surface area contributed by atoms with Crippen molar-refractivity contribution in [3.63, 3.8) is 0 Å². The maximum Gasteiger partial charge on any atom is 0.164 e. The zero-order chi connectivity index (χ0) is 45.3. The van der Waals surface area contributed by atoms with E-state index in [0.717, 1.165) is 89.3 Å². The number of nitrogens with zero attached hydrogens (tertiary/aromatic N) is 7. The Labute approximate surface area is 386 Å². The van der Waals surface area contributed by atoms with E-state index < -0.39 is 0 Å². The highest BCUT2D eigenvalue weighted by atomic mass is 15.0. The molecule has 0 aliphatic rings. The molecule has 0 saturated heterocycles. The number of hydrogen-bond donors (Lipinski definition) is 0. The van der Waals surface area contributed by atoms with Gasteiger partial charge in [-0.25, -0.2) is 29.9 Å². The average Bonchev–Trinajstić information content (AvgIpc) is 3.34. The first-order valence-corrected chi connectivity index (χ1v) is 22.2. The normalized spacial score (nSPS) is 11.2. The zero-order valence-electron chi connectivity index (χ0n) is 37.9. The van der Waals surface area contributed by atoms with Gasteiger partial charge >= 0.3 is 0 Å². The van der Waals surface area contributed by atoms with Gasteiger partial charge in [-0.1, -0.05) is 169 Å². The molecule has 3 aromatic heterocycles. The molecule has 0 radical (unpaired) electrons. The molecule has 318 valence electrons. The Morgan fingerprint density at radius 2 is 0.576 bits per heavy atom. The third kappa shape index (κ3) is 8.54. The first-order valence-electron chi connectivity index (χ1n) is 22.2. The molecule has 7 nitrogen and oxygen atoms in total. The van der Waals surface area contributed by atoms with Crippen LogP contribution in [-0.4, -0.2) is 34.9 Å². The summed E-state index contributed by atoms with van der Waals surface area (Å²) in [6.45, 7) is 12.4. The molecule has 0 spiro atoms. The van der Waals surface area contributed by atoms with E-state index in [1.165, 1.54) is 11.1 Å². The lowest BCUT2D eigenvalue weighted by Gasteiger charge is -2.17. The van der Waals surface area contributed by atoms with Crippen LogP contribution in [0.1, 0.15) is 33.6 Å².